The first-order valence-electron chi connectivity index (χ1n) is 6.80. The Morgan fingerprint density at radius 3 is 2.69 bits per heavy atom. The van der Waals surface area contributed by atoms with Crippen LogP contribution in [0.2, 0.25) is 0 Å². The highest BCUT2D eigenvalue weighted by Gasteiger charge is 2.24. The normalized spacial score (nSPS) is 29.1. The lowest BCUT2D eigenvalue weighted by Gasteiger charge is -2.31. The molecule has 0 aromatic heterocycles. The molecule has 0 aromatic rings. The van der Waals surface area contributed by atoms with Crippen molar-refractivity contribution in [1.29, 1.82) is 0 Å². The second kappa shape index (κ2) is 6.27. The predicted octanol–water partition coefficient (Wildman–Crippen LogP) is 2.34. The summed E-state index contributed by atoms with van der Waals surface area (Å²) in [6.07, 6.45) is 7.04. The summed E-state index contributed by atoms with van der Waals surface area (Å²) in [5.41, 5.74) is 0. The maximum atomic E-state index is 3.74. The molecule has 1 saturated carbocycles. The predicted molar refractivity (Wildman–Crippen MR) is 73.2 cm³/mol. The standard InChI is InChI=1S/C13H26N2S/c1-11(9-14-12-5-3-4-6-12)15(2)13-7-8-16-10-13/h11-14H,3-10H2,1-2H3. The van der Waals surface area contributed by atoms with E-state index in [0.29, 0.717) is 6.04 Å². The van der Waals surface area contributed by atoms with E-state index in [-0.39, 0.29) is 0 Å². The SMILES string of the molecule is CC(CNC1CCCC1)N(C)C1CCSC1. The van der Waals surface area contributed by atoms with Gasteiger partial charge in [-0.25, -0.2) is 0 Å². The van der Waals surface area contributed by atoms with Gasteiger partial charge >= 0.3 is 0 Å². The molecule has 1 N–H and O–H groups in total. The summed E-state index contributed by atoms with van der Waals surface area (Å²) in [5, 5.41) is 3.74. The minimum Gasteiger partial charge on any atom is -0.312 e. The molecule has 94 valence electrons. The molecule has 3 heteroatoms. The maximum absolute atomic E-state index is 3.74. The molecular weight excluding hydrogens is 216 g/mol. The van der Waals surface area contributed by atoms with Crippen LogP contribution < -0.4 is 5.32 Å². The van der Waals surface area contributed by atoms with Gasteiger partial charge in [-0.2, -0.15) is 11.8 Å². The average Bonchev–Trinajstić information content (AvgIpc) is 2.96. The number of nitrogens with one attached hydrogen (secondary N) is 1. The second-order valence-electron chi connectivity index (χ2n) is 5.42. The van der Waals surface area contributed by atoms with E-state index < -0.39 is 0 Å². The van der Waals surface area contributed by atoms with Crippen LogP contribution >= 0.6 is 11.8 Å². The molecule has 1 saturated heterocycles. The van der Waals surface area contributed by atoms with Crippen molar-refractivity contribution in [3.63, 3.8) is 0 Å². The zero-order valence-electron chi connectivity index (χ0n) is 10.7. The Hall–Kier alpha value is 0.270. The summed E-state index contributed by atoms with van der Waals surface area (Å²) in [6, 6.07) is 2.32. The molecule has 2 rings (SSSR count). The highest BCUT2D eigenvalue weighted by Crippen LogP contribution is 2.23. The fourth-order valence-corrected chi connectivity index (χ4v) is 4.09. The lowest BCUT2D eigenvalue weighted by Crippen LogP contribution is -2.45. The van der Waals surface area contributed by atoms with Crippen LogP contribution in [0.15, 0.2) is 0 Å². The maximum Gasteiger partial charge on any atom is 0.0194 e. The third-order valence-electron chi connectivity index (χ3n) is 4.23. The first-order valence-corrected chi connectivity index (χ1v) is 7.96. The van der Waals surface area contributed by atoms with Gasteiger partial charge in [0.2, 0.25) is 0 Å². The Labute approximate surface area is 105 Å². The third kappa shape index (κ3) is 3.38. The number of thioether (sulfide) groups is 1. The molecule has 0 bridgehead atoms. The molecule has 2 atom stereocenters. The summed E-state index contributed by atoms with van der Waals surface area (Å²) in [7, 11) is 2.30. The molecule has 0 spiro atoms. The summed E-state index contributed by atoms with van der Waals surface area (Å²) < 4.78 is 0. The molecular formula is C13H26N2S. The van der Waals surface area contributed by atoms with Gasteiger partial charge < -0.3 is 5.32 Å². The van der Waals surface area contributed by atoms with Crippen molar-refractivity contribution in [1.82, 2.24) is 10.2 Å². The fraction of sp³-hybridized carbons (Fsp3) is 1.00. The molecule has 0 amide bonds. The average molecular weight is 242 g/mol. The largest absolute Gasteiger partial charge is 0.312 e. The van der Waals surface area contributed by atoms with Gasteiger partial charge in [0.05, 0.1) is 0 Å². The van der Waals surface area contributed by atoms with E-state index in [1.54, 1.807) is 0 Å². The molecule has 16 heavy (non-hydrogen) atoms. The zero-order valence-corrected chi connectivity index (χ0v) is 11.6. The van der Waals surface area contributed by atoms with Crippen molar-refractivity contribution in [2.24, 2.45) is 0 Å². The molecule has 1 aliphatic heterocycles. The van der Waals surface area contributed by atoms with Crippen LogP contribution in [-0.4, -0.2) is 48.1 Å². The van der Waals surface area contributed by atoms with Crippen LogP contribution in [0.4, 0.5) is 0 Å². The monoisotopic (exact) mass is 242 g/mol. The lowest BCUT2D eigenvalue weighted by atomic mass is 10.1. The highest BCUT2D eigenvalue weighted by atomic mass is 32.2. The molecule has 2 unspecified atom stereocenters. The smallest absolute Gasteiger partial charge is 0.0194 e. The minimum absolute atomic E-state index is 0.685. The van der Waals surface area contributed by atoms with E-state index in [9.17, 15) is 0 Å². The Kier molecular flexibility index (Phi) is 4.98. The van der Waals surface area contributed by atoms with Crippen molar-refractivity contribution in [2.75, 3.05) is 25.1 Å². The van der Waals surface area contributed by atoms with E-state index in [0.717, 1.165) is 12.1 Å². The van der Waals surface area contributed by atoms with E-state index in [4.69, 9.17) is 0 Å². The summed E-state index contributed by atoms with van der Waals surface area (Å²) in [6.45, 7) is 3.53. The van der Waals surface area contributed by atoms with Gasteiger partial charge in [0.15, 0.2) is 0 Å². The van der Waals surface area contributed by atoms with Crippen molar-refractivity contribution in [2.45, 2.75) is 57.2 Å². The number of rotatable bonds is 5. The van der Waals surface area contributed by atoms with Crippen LogP contribution in [-0.2, 0) is 0 Å². The van der Waals surface area contributed by atoms with Gasteiger partial charge in [-0.05, 0) is 39.0 Å². The van der Waals surface area contributed by atoms with Crippen LogP contribution in [0.5, 0.6) is 0 Å². The molecule has 0 radical (unpaired) electrons. The van der Waals surface area contributed by atoms with Gasteiger partial charge in [0.1, 0.15) is 0 Å². The van der Waals surface area contributed by atoms with Gasteiger partial charge in [0.25, 0.3) is 0 Å². The molecule has 1 aliphatic carbocycles. The lowest BCUT2D eigenvalue weighted by molar-refractivity contribution is 0.192. The Balaban J connectivity index is 1.67. The molecule has 2 nitrogen and oxygen atoms in total. The van der Waals surface area contributed by atoms with E-state index in [1.165, 1.54) is 50.2 Å². The Morgan fingerprint density at radius 1 is 1.31 bits per heavy atom. The second-order valence-corrected chi connectivity index (χ2v) is 6.57. The number of likely N-dealkylation sites (N-methyl/N-ethyl adjacent to an activating group) is 1. The quantitative estimate of drug-likeness (QED) is 0.797. The van der Waals surface area contributed by atoms with Crippen LogP contribution in [0.25, 0.3) is 0 Å². The van der Waals surface area contributed by atoms with Gasteiger partial charge in [-0.1, -0.05) is 12.8 Å². The summed E-state index contributed by atoms with van der Waals surface area (Å²) in [4.78, 5) is 2.59. The summed E-state index contributed by atoms with van der Waals surface area (Å²) >= 11 is 2.11. The van der Waals surface area contributed by atoms with Crippen molar-refractivity contribution in [3.8, 4) is 0 Å². The first-order chi connectivity index (χ1) is 7.77. The summed E-state index contributed by atoms with van der Waals surface area (Å²) in [5.74, 6) is 2.70. The van der Waals surface area contributed by atoms with E-state index >= 15 is 0 Å². The molecule has 2 fully saturated rings. The Morgan fingerprint density at radius 2 is 2.06 bits per heavy atom. The highest BCUT2D eigenvalue weighted by molar-refractivity contribution is 7.99. The number of hydrogen-bond acceptors (Lipinski definition) is 3. The van der Waals surface area contributed by atoms with Gasteiger partial charge in [0, 0.05) is 30.4 Å². The van der Waals surface area contributed by atoms with Crippen molar-refractivity contribution >= 4 is 11.8 Å². The topological polar surface area (TPSA) is 15.3 Å². The first kappa shape index (κ1) is 12.7. The Bertz CT molecular complexity index is 198. The zero-order chi connectivity index (χ0) is 11.4. The third-order valence-corrected chi connectivity index (χ3v) is 5.38. The van der Waals surface area contributed by atoms with Gasteiger partial charge in [-0.15, -0.1) is 0 Å². The van der Waals surface area contributed by atoms with Crippen LogP contribution in [0.3, 0.4) is 0 Å². The number of hydrogen-bond donors (Lipinski definition) is 1. The molecule has 1 heterocycles. The molecule has 0 aromatic carbocycles. The molecule has 2 aliphatic rings. The van der Waals surface area contributed by atoms with Crippen molar-refractivity contribution < 1.29 is 0 Å². The van der Waals surface area contributed by atoms with Crippen LogP contribution in [0.1, 0.15) is 39.0 Å². The van der Waals surface area contributed by atoms with Crippen LogP contribution in [0, 0.1) is 0 Å². The number of nitrogens with zero attached hydrogens (tertiary/aromatic N) is 1. The minimum atomic E-state index is 0.685. The van der Waals surface area contributed by atoms with Crippen molar-refractivity contribution in [3.05, 3.63) is 0 Å². The van der Waals surface area contributed by atoms with E-state index in [1.807, 2.05) is 0 Å². The van der Waals surface area contributed by atoms with Gasteiger partial charge in [-0.3, -0.25) is 4.90 Å². The van der Waals surface area contributed by atoms with E-state index in [2.05, 4.69) is 35.9 Å². The fourth-order valence-electron chi connectivity index (χ4n) is 2.81.